The van der Waals surface area contributed by atoms with E-state index in [0.717, 1.165) is 39.3 Å². The van der Waals surface area contributed by atoms with E-state index in [1.807, 2.05) is 78.3 Å². The monoisotopic (exact) mass is 340 g/mol. The van der Waals surface area contributed by atoms with E-state index in [0.29, 0.717) is 6.01 Å². The van der Waals surface area contributed by atoms with E-state index < -0.39 is 0 Å². The van der Waals surface area contributed by atoms with Crippen molar-refractivity contribution in [1.82, 2.24) is 19.4 Å². The summed E-state index contributed by atoms with van der Waals surface area (Å²) in [6.45, 7) is 2.00. The van der Waals surface area contributed by atoms with Crippen molar-refractivity contribution in [3.05, 3.63) is 78.8 Å². The van der Waals surface area contributed by atoms with Crippen molar-refractivity contribution >= 4 is 16.7 Å². The van der Waals surface area contributed by atoms with Crippen LogP contribution in [-0.4, -0.2) is 19.4 Å². The van der Waals surface area contributed by atoms with E-state index in [2.05, 4.69) is 21.0 Å². The molecule has 5 rings (SSSR count). The normalized spacial score (nSPS) is 11.3. The van der Waals surface area contributed by atoms with Gasteiger partial charge in [0.05, 0.1) is 16.7 Å². The molecule has 2 aromatic carbocycles. The Morgan fingerprint density at radius 1 is 0.923 bits per heavy atom. The van der Waals surface area contributed by atoms with Gasteiger partial charge in [-0.25, -0.2) is 4.98 Å². The molecule has 5 aromatic rings. The van der Waals surface area contributed by atoms with Crippen molar-refractivity contribution in [3.8, 4) is 22.9 Å². The first-order valence-electron chi connectivity index (χ1n) is 8.44. The zero-order valence-corrected chi connectivity index (χ0v) is 14.2. The topological polar surface area (TPSA) is 55.2 Å². The van der Waals surface area contributed by atoms with Crippen molar-refractivity contribution in [2.24, 2.45) is 0 Å². The van der Waals surface area contributed by atoms with Crippen LogP contribution < -0.4 is 4.74 Å². The van der Waals surface area contributed by atoms with Crippen molar-refractivity contribution < 1.29 is 4.74 Å². The molecule has 3 heterocycles. The zero-order valence-electron chi connectivity index (χ0n) is 14.2. The Kier molecular flexibility index (Phi) is 3.25. The Bertz CT molecular complexity index is 1180. The molecule has 0 saturated carbocycles. The summed E-state index contributed by atoms with van der Waals surface area (Å²) in [7, 11) is 0. The number of nitrogens with zero attached hydrogens (tertiary/aromatic N) is 3. The molecule has 0 aliphatic carbocycles. The van der Waals surface area contributed by atoms with Gasteiger partial charge in [0.25, 0.3) is 6.01 Å². The number of ether oxygens (including phenoxy) is 1. The Hall–Kier alpha value is -3.60. The predicted octanol–water partition coefficient (Wildman–Crippen LogP) is 4.98. The molecule has 0 bridgehead atoms. The fourth-order valence-corrected chi connectivity index (χ4v) is 3.15. The van der Waals surface area contributed by atoms with Gasteiger partial charge >= 0.3 is 0 Å². The molecule has 1 N–H and O–H groups in total. The predicted molar refractivity (Wildman–Crippen MR) is 102 cm³/mol. The minimum atomic E-state index is 0.491. The first-order valence-corrected chi connectivity index (χ1v) is 8.44. The number of imidazole rings is 2. The number of nitrogens with one attached hydrogen (secondary N) is 1. The average molecular weight is 340 g/mol. The Balaban J connectivity index is 1.46. The standard InChI is InChI=1S/C21H16N4O/c1-14-13-25-12-4-5-17(20(25)22-14)15-8-10-16(11-9-15)26-21-23-18-6-2-3-7-19(18)24-21/h2-13H,1H3,(H,23,24). The molecule has 5 heteroatoms. The Morgan fingerprint density at radius 2 is 1.77 bits per heavy atom. The molecule has 0 unspecified atom stereocenters. The van der Waals surface area contributed by atoms with Crippen LogP contribution in [-0.2, 0) is 0 Å². The molecule has 0 spiro atoms. The summed E-state index contributed by atoms with van der Waals surface area (Å²) in [5.41, 5.74) is 5.99. The van der Waals surface area contributed by atoms with Crippen LogP contribution in [0.2, 0.25) is 0 Å². The van der Waals surface area contributed by atoms with E-state index in [1.54, 1.807) is 0 Å². The number of aryl methyl sites for hydroxylation is 1. The zero-order chi connectivity index (χ0) is 17.5. The number of hydrogen-bond acceptors (Lipinski definition) is 3. The van der Waals surface area contributed by atoms with Crippen molar-refractivity contribution in [2.75, 3.05) is 0 Å². The summed E-state index contributed by atoms with van der Waals surface area (Å²) in [5.74, 6) is 0.735. The molecule has 26 heavy (non-hydrogen) atoms. The molecule has 0 aliphatic rings. The highest BCUT2D eigenvalue weighted by molar-refractivity contribution is 5.78. The lowest BCUT2D eigenvalue weighted by Crippen LogP contribution is -1.89. The number of aromatic nitrogens is 4. The van der Waals surface area contributed by atoms with Gasteiger partial charge in [-0.15, -0.1) is 0 Å². The molecule has 3 aromatic heterocycles. The Morgan fingerprint density at radius 3 is 2.62 bits per heavy atom. The second-order valence-corrected chi connectivity index (χ2v) is 6.22. The lowest BCUT2D eigenvalue weighted by atomic mass is 10.1. The third-order valence-corrected chi connectivity index (χ3v) is 4.35. The largest absolute Gasteiger partial charge is 0.426 e. The summed E-state index contributed by atoms with van der Waals surface area (Å²) in [5, 5.41) is 0. The van der Waals surface area contributed by atoms with E-state index in [1.165, 1.54) is 0 Å². The molecular weight excluding hydrogens is 324 g/mol. The van der Waals surface area contributed by atoms with Crippen molar-refractivity contribution in [2.45, 2.75) is 6.92 Å². The Labute approximate surface area is 149 Å². The minimum absolute atomic E-state index is 0.491. The lowest BCUT2D eigenvalue weighted by Gasteiger charge is -2.06. The SMILES string of the molecule is Cc1cn2cccc(-c3ccc(Oc4nc5ccccc5[nH]4)cc3)c2n1. The molecule has 0 aliphatic heterocycles. The fourth-order valence-electron chi connectivity index (χ4n) is 3.15. The van der Waals surface area contributed by atoms with Gasteiger partial charge in [-0.05, 0) is 48.9 Å². The fraction of sp³-hybridized carbons (Fsp3) is 0.0476. The first kappa shape index (κ1) is 14.7. The summed E-state index contributed by atoms with van der Waals surface area (Å²) >= 11 is 0. The number of benzene rings is 2. The highest BCUT2D eigenvalue weighted by Gasteiger charge is 2.08. The number of hydrogen-bond donors (Lipinski definition) is 1. The van der Waals surface area contributed by atoms with Gasteiger partial charge in [0.1, 0.15) is 11.4 Å². The number of para-hydroxylation sites is 2. The molecule has 0 fully saturated rings. The summed E-state index contributed by atoms with van der Waals surface area (Å²) in [4.78, 5) is 12.2. The smallest absolute Gasteiger partial charge is 0.300 e. The summed E-state index contributed by atoms with van der Waals surface area (Å²) in [6, 6.07) is 20.4. The van der Waals surface area contributed by atoms with Crippen LogP contribution in [0.5, 0.6) is 11.8 Å². The second-order valence-electron chi connectivity index (χ2n) is 6.22. The third kappa shape index (κ3) is 2.50. The molecule has 0 saturated heterocycles. The quantitative estimate of drug-likeness (QED) is 0.504. The number of aromatic amines is 1. The van der Waals surface area contributed by atoms with Crippen LogP contribution in [0.15, 0.2) is 73.1 Å². The van der Waals surface area contributed by atoms with Crippen LogP contribution in [0.3, 0.4) is 0 Å². The van der Waals surface area contributed by atoms with Gasteiger partial charge in [0.2, 0.25) is 0 Å². The van der Waals surface area contributed by atoms with Gasteiger partial charge < -0.3 is 14.1 Å². The van der Waals surface area contributed by atoms with Gasteiger partial charge in [-0.3, -0.25) is 0 Å². The van der Waals surface area contributed by atoms with Crippen molar-refractivity contribution in [1.29, 1.82) is 0 Å². The van der Waals surface area contributed by atoms with E-state index in [4.69, 9.17) is 4.74 Å². The number of rotatable bonds is 3. The van der Waals surface area contributed by atoms with Crippen LogP contribution in [0.4, 0.5) is 0 Å². The third-order valence-electron chi connectivity index (χ3n) is 4.35. The summed E-state index contributed by atoms with van der Waals surface area (Å²) in [6.07, 6.45) is 4.04. The molecule has 0 amide bonds. The highest BCUT2D eigenvalue weighted by atomic mass is 16.5. The lowest BCUT2D eigenvalue weighted by molar-refractivity contribution is 0.449. The minimum Gasteiger partial charge on any atom is -0.426 e. The van der Waals surface area contributed by atoms with Crippen molar-refractivity contribution in [3.63, 3.8) is 0 Å². The maximum absolute atomic E-state index is 5.86. The van der Waals surface area contributed by atoms with E-state index >= 15 is 0 Å². The van der Waals surface area contributed by atoms with Crippen LogP contribution in [0.25, 0.3) is 27.8 Å². The van der Waals surface area contributed by atoms with Gasteiger partial charge in [0, 0.05) is 18.0 Å². The summed E-state index contributed by atoms with van der Waals surface area (Å²) < 4.78 is 7.90. The molecule has 5 nitrogen and oxygen atoms in total. The van der Waals surface area contributed by atoms with Crippen LogP contribution in [0.1, 0.15) is 5.69 Å². The number of H-pyrrole nitrogens is 1. The molecule has 126 valence electrons. The maximum atomic E-state index is 5.86. The highest BCUT2D eigenvalue weighted by Crippen LogP contribution is 2.28. The molecule has 0 atom stereocenters. The molecular formula is C21H16N4O. The maximum Gasteiger partial charge on any atom is 0.300 e. The van der Waals surface area contributed by atoms with E-state index in [9.17, 15) is 0 Å². The second kappa shape index (κ2) is 5.74. The van der Waals surface area contributed by atoms with Crippen LogP contribution in [0, 0.1) is 6.92 Å². The number of pyridine rings is 1. The van der Waals surface area contributed by atoms with Gasteiger partial charge in [0.15, 0.2) is 0 Å². The van der Waals surface area contributed by atoms with Gasteiger partial charge in [-0.1, -0.05) is 24.3 Å². The first-order chi connectivity index (χ1) is 12.8. The van der Waals surface area contributed by atoms with Gasteiger partial charge in [-0.2, -0.15) is 4.98 Å². The average Bonchev–Trinajstić information content (AvgIpc) is 3.23. The number of fused-ring (bicyclic) bond motifs is 2. The van der Waals surface area contributed by atoms with E-state index in [-0.39, 0.29) is 0 Å². The van der Waals surface area contributed by atoms with Crippen LogP contribution >= 0.6 is 0 Å². The molecule has 0 radical (unpaired) electrons.